The maximum absolute atomic E-state index is 13.1. The van der Waals surface area contributed by atoms with Gasteiger partial charge in [0.1, 0.15) is 5.75 Å². The topological polar surface area (TPSA) is 54.3 Å². The maximum atomic E-state index is 13.1. The third kappa shape index (κ3) is 4.80. The van der Waals surface area contributed by atoms with Crippen molar-refractivity contribution in [3.8, 4) is 5.75 Å². The average Bonchev–Trinajstić information content (AvgIpc) is 3.09. The highest BCUT2D eigenvalue weighted by atomic mass is 32.2. The lowest BCUT2D eigenvalue weighted by atomic mass is 10.0. The molecule has 0 radical (unpaired) electrons. The molecule has 1 atom stereocenters. The van der Waals surface area contributed by atoms with E-state index >= 15 is 0 Å². The summed E-state index contributed by atoms with van der Waals surface area (Å²) in [6.07, 6.45) is 3.48. The molecule has 158 valence electrons. The molecule has 4 rings (SSSR count). The first-order valence-electron chi connectivity index (χ1n) is 10.4. The predicted octanol–water partition coefficient (Wildman–Crippen LogP) is 5.48. The van der Waals surface area contributed by atoms with Crippen molar-refractivity contribution in [2.75, 3.05) is 7.11 Å². The molecule has 1 aliphatic heterocycles. The van der Waals surface area contributed by atoms with Crippen LogP contribution >= 0.6 is 11.8 Å². The summed E-state index contributed by atoms with van der Waals surface area (Å²) < 4.78 is 5.18. The summed E-state index contributed by atoms with van der Waals surface area (Å²) in [5.74, 6) is 0.905. The van der Waals surface area contributed by atoms with Crippen LogP contribution in [-0.2, 0) is 11.3 Å². The van der Waals surface area contributed by atoms with Gasteiger partial charge in [0.15, 0.2) is 5.17 Å². The largest absolute Gasteiger partial charge is 0.497 e. The van der Waals surface area contributed by atoms with E-state index in [-0.39, 0.29) is 11.2 Å². The fraction of sp³-hybridized carbons (Fsp3) is 0.240. The van der Waals surface area contributed by atoms with E-state index in [9.17, 15) is 4.79 Å². The molecule has 1 heterocycles. The first-order valence-corrected chi connectivity index (χ1v) is 11.3. The number of thioether (sulfide) groups is 1. The zero-order valence-electron chi connectivity index (χ0n) is 17.7. The van der Waals surface area contributed by atoms with Crippen LogP contribution in [0.2, 0.25) is 0 Å². The Hall–Kier alpha value is -3.12. The van der Waals surface area contributed by atoms with Crippen molar-refractivity contribution in [2.45, 2.75) is 31.6 Å². The monoisotopic (exact) mass is 431 g/mol. The van der Waals surface area contributed by atoms with E-state index in [1.54, 1.807) is 18.2 Å². The molecule has 1 unspecified atom stereocenters. The maximum Gasteiger partial charge on any atom is 0.242 e. The zero-order valence-corrected chi connectivity index (χ0v) is 18.5. The average molecular weight is 432 g/mol. The number of fused-ring (bicyclic) bond motifs is 1. The van der Waals surface area contributed by atoms with Gasteiger partial charge in [-0.25, -0.2) is 0 Å². The molecular formula is C25H25N3O2S. The van der Waals surface area contributed by atoms with Gasteiger partial charge < -0.3 is 4.74 Å². The summed E-state index contributed by atoms with van der Waals surface area (Å²) >= 11 is 1.51. The molecular weight excluding hydrogens is 406 g/mol. The van der Waals surface area contributed by atoms with Gasteiger partial charge in [0.05, 0.1) is 25.1 Å². The minimum atomic E-state index is -0.102. The van der Waals surface area contributed by atoms with Gasteiger partial charge >= 0.3 is 0 Å². The van der Waals surface area contributed by atoms with Crippen molar-refractivity contribution in [1.29, 1.82) is 0 Å². The van der Waals surface area contributed by atoms with Crippen LogP contribution in [0.25, 0.3) is 10.8 Å². The van der Waals surface area contributed by atoms with Crippen LogP contribution in [0.4, 0.5) is 0 Å². The van der Waals surface area contributed by atoms with E-state index in [0.29, 0.717) is 11.7 Å². The Bertz CT molecular complexity index is 1120. The van der Waals surface area contributed by atoms with E-state index in [4.69, 9.17) is 4.74 Å². The Morgan fingerprint density at radius 2 is 1.84 bits per heavy atom. The lowest BCUT2D eigenvalue weighted by Crippen LogP contribution is -2.31. The van der Waals surface area contributed by atoms with Crippen molar-refractivity contribution < 1.29 is 9.53 Å². The summed E-state index contributed by atoms with van der Waals surface area (Å²) in [5, 5.41) is 11.6. The van der Waals surface area contributed by atoms with Gasteiger partial charge in [0.2, 0.25) is 5.91 Å². The van der Waals surface area contributed by atoms with Gasteiger partial charge in [-0.2, -0.15) is 5.10 Å². The second-order valence-electron chi connectivity index (χ2n) is 7.36. The molecule has 0 aromatic heterocycles. The SMILES string of the molecule is CCCC1S/C(=N/N=C/c2ccc(OC)cc2)N(Cc2cccc3ccccc23)C1=O. The number of ether oxygens (including phenoxy) is 1. The molecule has 0 aliphatic carbocycles. The number of carbonyl (C=O) groups is 1. The van der Waals surface area contributed by atoms with Gasteiger partial charge in [-0.3, -0.25) is 9.69 Å². The van der Waals surface area contributed by atoms with Crippen LogP contribution in [-0.4, -0.2) is 34.5 Å². The Kier molecular flexibility index (Phi) is 6.67. The summed E-state index contributed by atoms with van der Waals surface area (Å²) in [7, 11) is 1.64. The number of hydrogen-bond donors (Lipinski definition) is 0. The van der Waals surface area contributed by atoms with Crippen molar-refractivity contribution >= 4 is 39.8 Å². The van der Waals surface area contributed by atoms with Gasteiger partial charge in [-0.1, -0.05) is 67.6 Å². The minimum absolute atomic E-state index is 0.102. The van der Waals surface area contributed by atoms with Gasteiger partial charge in [0.25, 0.3) is 0 Å². The number of hydrogen-bond acceptors (Lipinski definition) is 5. The number of carbonyl (C=O) groups excluding carboxylic acids is 1. The van der Waals surface area contributed by atoms with E-state index < -0.39 is 0 Å². The Balaban J connectivity index is 1.60. The molecule has 1 saturated heterocycles. The van der Waals surface area contributed by atoms with Crippen LogP contribution in [0.15, 0.2) is 76.9 Å². The minimum Gasteiger partial charge on any atom is -0.497 e. The summed E-state index contributed by atoms with van der Waals surface area (Å²) in [5.41, 5.74) is 2.03. The lowest BCUT2D eigenvalue weighted by Gasteiger charge is -2.17. The molecule has 1 amide bonds. The highest BCUT2D eigenvalue weighted by Crippen LogP contribution is 2.32. The molecule has 6 heteroatoms. The highest BCUT2D eigenvalue weighted by molar-refractivity contribution is 8.15. The smallest absolute Gasteiger partial charge is 0.242 e. The van der Waals surface area contributed by atoms with Crippen molar-refractivity contribution in [1.82, 2.24) is 4.90 Å². The van der Waals surface area contributed by atoms with Crippen molar-refractivity contribution in [3.05, 3.63) is 77.9 Å². The van der Waals surface area contributed by atoms with Gasteiger partial charge in [0, 0.05) is 0 Å². The number of nitrogens with zero attached hydrogens (tertiary/aromatic N) is 3. The van der Waals surface area contributed by atoms with E-state index in [1.807, 2.05) is 42.5 Å². The Morgan fingerprint density at radius 1 is 1.06 bits per heavy atom. The molecule has 0 spiro atoms. The third-order valence-electron chi connectivity index (χ3n) is 5.25. The number of rotatable bonds is 7. The number of amides is 1. The van der Waals surface area contributed by atoms with Gasteiger partial charge in [-0.05, 0) is 52.6 Å². The quantitative estimate of drug-likeness (QED) is 0.368. The zero-order chi connectivity index (χ0) is 21.6. The van der Waals surface area contributed by atoms with Crippen LogP contribution in [0, 0.1) is 0 Å². The van der Waals surface area contributed by atoms with Crippen LogP contribution in [0.1, 0.15) is 30.9 Å². The van der Waals surface area contributed by atoms with Crippen molar-refractivity contribution in [3.63, 3.8) is 0 Å². The lowest BCUT2D eigenvalue weighted by molar-refractivity contribution is -0.126. The second-order valence-corrected chi connectivity index (χ2v) is 8.53. The van der Waals surface area contributed by atoms with Crippen LogP contribution < -0.4 is 4.74 Å². The molecule has 31 heavy (non-hydrogen) atoms. The molecule has 3 aromatic carbocycles. The fourth-order valence-electron chi connectivity index (χ4n) is 3.61. The molecule has 3 aromatic rings. The number of amidine groups is 1. The number of benzene rings is 3. The van der Waals surface area contributed by atoms with E-state index in [1.165, 1.54) is 17.1 Å². The fourth-order valence-corrected chi connectivity index (χ4v) is 4.82. The summed E-state index contributed by atoms with van der Waals surface area (Å²) in [4.78, 5) is 14.9. The summed E-state index contributed by atoms with van der Waals surface area (Å²) in [6, 6.07) is 22.0. The normalized spacial score (nSPS) is 17.9. The molecule has 1 aliphatic rings. The van der Waals surface area contributed by atoms with Gasteiger partial charge in [-0.15, -0.1) is 5.10 Å². The molecule has 0 N–H and O–H groups in total. The third-order valence-corrected chi connectivity index (χ3v) is 6.48. The second kappa shape index (κ2) is 9.79. The van der Waals surface area contributed by atoms with E-state index in [0.717, 1.165) is 35.1 Å². The Morgan fingerprint density at radius 3 is 2.61 bits per heavy atom. The molecule has 5 nitrogen and oxygen atoms in total. The first kappa shape index (κ1) is 21.1. The van der Waals surface area contributed by atoms with Crippen LogP contribution in [0.5, 0.6) is 5.75 Å². The predicted molar refractivity (Wildman–Crippen MR) is 129 cm³/mol. The molecule has 0 bridgehead atoms. The highest BCUT2D eigenvalue weighted by Gasteiger charge is 2.37. The van der Waals surface area contributed by atoms with E-state index in [2.05, 4.69) is 41.4 Å². The first-order chi connectivity index (χ1) is 15.2. The summed E-state index contributed by atoms with van der Waals surface area (Å²) in [6.45, 7) is 2.59. The standard InChI is InChI=1S/C25H25N3O2S/c1-3-7-23-24(29)28(17-20-10-6-9-19-8-4-5-11-22(19)20)25(31-23)27-26-16-18-12-14-21(30-2)15-13-18/h4-6,8-16,23H,3,7,17H2,1-2H3/b26-16+,27-25+. The Labute approximate surface area is 186 Å². The number of methoxy groups -OCH3 is 1. The van der Waals surface area contributed by atoms with Crippen molar-refractivity contribution in [2.24, 2.45) is 10.2 Å². The molecule has 0 saturated carbocycles. The molecule has 1 fully saturated rings. The van der Waals surface area contributed by atoms with Crippen LogP contribution in [0.3, 0.4) is 0 Å².